The molecule has 3 heteroatoms. The van der Waals surface area contributed by atoms with Crippen molar-refractivity contribution in [3.05, 3.63) is 48.0 Å². The zero-order valence-corrected chi connectivity index (χ0v) is 11.2. The molecule has 1 saturated heterocycles. The van der Waals surface area contributed by atoms with Crippen molar-refractivity contribution in [3.63, 3.8) is 0 Å². The van der Waals surface area contributed by atoms with Crippen LogP contribution in [0.2, 0.25) is 0 Å². The summed E-state index contributed by atoms with van der Waals surface area (Å²) >= 11 is 0. The van der Waals surface area contributed by atoms with Gasteiger partial charge in [-0.1, -0.05) is 36.4 Å². The highest BCUT2D eigenvalue weighted by Crippen LogP contribution is 2.23. The van der Waals surface area contributed by atoms with Crippen molar-refractivity contribution in [1.82, 2.24) is 5.32 Å². The number of hydrogen-bond donors (Lipinski definition) is 1. The van der Waals surface area contributed by atoms with Gasteiger partial charge in [0.15, 0.2) is 0 Å². The Morgan fingerprint density at radius 2 is 1.94 bits per heavy atom. The summed E-state index contributed by atoms with van der Waals surface area (Å²) in [6.07, 6.45) is 0. The maximum atomic E-state index is 11.9. The molecule has 1 aliphatic heterocycles. The van der Waals surface area contributed by atoms with Crippen LogP contribution in [-0.2, 0) is 10.8 Å². The second-order valence-corrected chi connectivity index (χ2v) is 6.83. The van der Waals surface area contributed by atoms with Gasteiger partial charge >= 0.3 is 0 Å². The fraction of sp³-hybridized carbons (Fsp3) is 0.333. The van der Waals surface area contributed by atoms with Gasteiger partial charge in [0.05, 0.1) is 0 Å². The molecule has 1 heterocycles. The number of nitrogens with one attached hydrogen (secondary N) is 1. The Morgan fingerprint density at radius 1 is 1.17 bits per heavy atom. The van der Waals surface area contributed by atoms with E-state index in [1.165, 1.54) is 16.3 Å². The van der Waals surface area contributed by atoms with Crippen molar-refractivity contribution >= 4 is 21.6 Å². The summed E-state index contributed by atoms with van der Waals surface area (Å²) in [6.45, 7) is 2.88. The molecule has 0 saturated carbocycles. The molecule has 0 radical (unpaired) electrons. The Kier molecular flexibility index (Phi) is 3.18. The zero-order chi connectivity index (χ0) is 12.5. The molecule has 18 heavy (non-hydrogen) atoms. The SMILES string of the molecule is CC1CNC(c2ccc3ccccc3c2)CS1=O. The Labute approximate surface area is 110 Å². The van der Waals surface area contributed by atoms with E-state index in [2.05, 4.69) is 47.8 Å². The average molecular weight is 259 g/mol. The molecule has 3 rings (SSSR count). The molecular weight excluding hydrogens is 242 g/mol. The Morgan fingerprint density at radius 3 is 2.72 bits per heavy atom. The summed E-state index contributed by atoms with van der Waals surface area (Å²) in [5, 5.41) is 6.26. The normalized spacial score (nSPS) is 28.4. The van der Waals surface area contributed by atoms with Crippen LogP contribution in [0.3, 0.4) is 0 Å². The lowest BCUT2D eigenvalue weighted by Gasteiger charge is -2.27. The van der Waals surface area contributed by atoms with Gasteiger partial charge in [0.1, 0.15) is 0 Å². The molecule has 0 aromatic heterocycles. The van der Waals surface area contributed by atoms with Gasteiger partial charge in [0.2, 0.25) is 0 Å². The van der Waals surface area contributed by atoms with Crippen LogP contribution in [0.25, 0.3) is 10.8 Å². The first-order chi connectivity index (χ1) is 8.74. The van der Waals surface area contributed by atoms with Crippen molar-refractivity contribution < 1.29 is 4.21 Å². The summed E-state index contributed by atoms with van der Waals surface area (Å²) in [5.41, 5.74) is 1.24. The molecule has 2 aromatic rings. The van der Waals surface area contributed by atoms with Crippen LogP contribution >= 0.6 is 0 Å². The van der Waals surface area contributed by atoms with Gasteiger partial charge in [0.25, 0.3) is 0 Å². The molecular formula is C15H17NOS. The predicted molar refractivity (Wildman–Crippen MR) is 77.2 cm³/mol. The maximum Gasteiger partial charge on any atom is 0.0445 e. The molecule has 0 amide bonds. The summed E-state index contributed by atoms with van der Waals surface area (Å²) in [5.74, 6) is 0.722. The average Bonchev–Trinajstić information content (AvgIpc) is 2.41. The number of rotatable bonds is 1. The molecule has 0 aliphatic carbocycles. The van der Waals surface area contributed by atoms with E-state index in [0.717, 1.165) is 12.3 Å². The van der Waals surface area contributed by atoms with Crippen LogP contribution in [0, 0.1) is 0 Å². The number of hydrogen-bond acceptors (Lipinski definition) is 2. The number of fused-ring (bicyclic) bond motifs is 1. The highest BCUT2D eigenvalue weighted by Gasteiger charge is 2.24. The van der Waals surface area contributed by atoms with E-state index < -0.39 is 10.8 Å². The molecule has 2 nitrogen and oxygen atoms in total. The minimum Gasteiger partial charge on any atom is -0.308 e. The van der Waals surface area contributed by atoms with E-state index >= 15 is 0 Å². The summed E-state index contributed by atoms with van der Waals surface area (Å²) in [6, 6.07) is 15.1. The molecule has 1 fully saturated rings. The van der Waals surface area contributed by atoms with Crippen molar-refractivity contribution in [1.29, 1.82) is 0 Å². The zero-order valence-electron chi connectivity index (χ0n) is 10.4. The van der Waals surface area contributed by atoms with Gasteiger partial charge in [-0.3, -0.25) is 4.21 Å². The highest BCUT2D eigenvalue weighted by molar-refractivity contribution is 7.85. The Balaban J connectivity index is 1.92. The van der Waals surface area contributed by atoms with Crippen LogP contribution in [-0.4, -0.2) is 21.8 Å². The molecule has 1 N–H and O–H groups in total. The van der Waals surface area contributed by atoms with Crippen molar-refractivity contribution in [2.24, 2.45) is 0 Å². The summed E-state index contributed by atoms with van der Waals surface area (Å²) in [7, 11) is -0.712. The fourth-order valence-corrected chi connectivity index (χ4v) is 3.68. The van der Waals surface area contributed by atoms with Crippen LogP contribution in [0.15, 0.2) is 42.5 Å². The van der Waals surface area contributed by atoms with E-state index in [0.29, 0.717) is 0 Å². The first kappa shape index (κ1) is 11.9. The molecule has 3 unspecified atom stereocenters. The summed E-state index contributed by atoms with van der Waals surface area (Å²) in [4.78, 5) is 0. The molecule has 3 atom stereocenters. The van der Waals surface area contributed by atoms with Gasteiger partial charge in [-0.05, 0) is 29.3 Å². The third-order valence-corrected chi connectivity index (χ3v) is 5.33. The third kappa shape index (κ3) is 2.20. The van der Waals surface area contributed by atoms with Crippen molar-refractivity contribution in [2.45, 2.75) is 18.2 Å². The standard InChI is InChI=1S/C15H17NOS/c1-11-9-16-15(10-18(11)17)14-7-6-12-4-2-3-5-13(12)8-14/h2-8,11,15-16H,9-10H2,1H3. The van der Waals surface area contributed by atoms with Crippen molar-refractivity contribution in [2.75, 3.05) is 12.3 Å². The van der Waals surface area contributed by atoms with Gasteiger partial charge in [-0.25, -0.2) is 0 Å². The van der Waals surface area contributed by atoms with Crippen LogP contribution in [0.1, 0.15) is 18.5 Å². The molecule has 0 spiro atoms. The maximum absolute atomic E-state index is 11.9. The lowest BCUT2D eigenvalue weighted by Crippen LogP contribution is -2.41. The van der Waals surface area contributed by atoms with Gasteiger partial charge in [-0.15, -0.1) is 0 Å². The van der Waals surface area contributed by atoms with Crippen LogP contribution in [0.5, 0.6) is 0 Å². The monoisotopic (exact) mass is 259 g/mol. The topological polar surface area (TPSA) is 29.1 Å². The van der Waals surface area contributed by atoms with Crippen molar-refractivity contribution in [3.8, 4) is 0 Å². The van der Waals surface area contributed by atoms with Crippen LogP contribution < -0.4 is 5.32 Å². The minimum atomic E-state index is -0.712. The Bertz CT molecular complexity index is 596. The van der Waals surface area contributed by atoms with Gasteiger partial charge < -0.3 is 5.32 Å². The fourth-order valence-electron chi connectivity index (χ4n) is 2.43. The molecule has 1 aliphatic rings. The third-order valence-electron chi connectivity index (χ3n) is 3.61. The van der Waals surface area contributed by atoms with E-state index in [4.69, 9.17) is 0 Å². The van der Waals surface area contributed by atoms with E-state index in [1.54, 1.807) is 0 Å². The first-order valence-electron chi connectivity index (χ1n) is 6.33. The smallest absolute Gasteiger partial charge is 0.0445 e. The second kappa shape index (κ2) is 4.82. The summed E-state index contributed by atoms with van der Waals surface area (Å²) < 4.78 is 11.9. The molecule has 0 bridgehead atoms. The van der Waals surface area contributed by atoms with Gasteiger partial charge in [0, 0.05) is 34.4 Å². The van der Waals surface area contributed by atoms with Gasteiger partial charge in [-0.2, -0.15) is 0 Å². The minimum absolute atomic E-state index is 0.228. The quantitative estimate of drug-likeness (QED) is 0.853. The molecule has 2 aromatic carbocycles. The van der Waals surface area contributed by atoms with E-state index in [9.17, 15) is 4.21 Å². The Hall–Kier alpha value is -1.19. The lowest BCUT2D eigenvalue weighted by molar-refractivity contribution is 0.540. The number of benzene rings is 2. The van der Waals surface area contributed by atoms with E-state index in [-0.39, 0.29) is 11.3 Å². The highest BCUT2D eigenvalue weighted by atomic mass is 32.2. The first-order valence-corrected chi connectivity index (χ1v) is 7.71. The van der Waals surface area contributed by atoms with Crippen LogP contribution in [0.4, 0.5) is 0 Å². The largest absolute Gasteiger partial charge is 0.308 e. The second-order valence-electron chi connectivity index (χ2n) is 4.93. The lowest BCUT2D eigenvalue weighted by atomic mass is 10.0. The predicted octanol–water partition coefficient (Wildman–Crippen LogP) is 2.62. The van der Waals surface area contributed by atoms with E-state index in [1.807, 2.05) is 6.92 Å². The molecule has 94 valence electrons.